The molecule has 1 N–H and O–H groups in total. The minimum atomic E-state index is -0.580. The predicted octanol–water partition coefficient (Wildman–Crippen LogP) is 1.81. The number of hydrogen-bond acceptors (Lipinski definition) is 4. The standard InChI is InChI=1S/C15H13FN4O2/c1-22-12-6-5-10(8-11(12)16)15(21)17-9-14-19-18-13-4-2-3-7-20(13)14/h2-8H,9H2,1H3,(H,17,21). The fourth-order valence-corrected chi connectivity index (χ4v) is 2.08. The number of benzene rings is 1. The van der Waals surface area contributed by atoms with Gasteiger partial charge in [-0.2, -0.15) is 0 Å². The summed E-state index contributed by atoms with van der Waals surface area (Å²) in [5.41, 5.74) is 0.911. The van der Waals surface area contributed by atoms with Crippen molar-refractivity contribution in [2.45, 2.75) is 6.54 Å². The largest absolute Gasteiger partial charge is 0.494 e. The number of rotatable bonds is 4. The van der Waals surface area contributed by atoms with Crippen molar-refractivity contribution in [2.24, 2.45) is 0 Å². The Bertz CT molecular complexity index is 831. The lowest BCUT2D eigenvalue weighted by atomic mass is 10.2. The van der Waals surface area contributed by atoms with Gasteiger partial charge >= 0.3 is 0 Å². The molecule has 0 spiro atoms. The maximum absolute atomic E-state index is 13.6. The first-order valence-corrected chi connectivity index (χ1v) is 6.59. The third-order valence-electron chi connectivity index (χ3n) is 3.21. The number of amides is 1. The highest BCUT2D eigenvalue weighted by atomic mass is 19.1. The van der Waals surface area contributed by atoms with E-state index in [2.05, 4.69) is 15.5 Å². The van der Waals surface area contributed by atoms with Crippen LogP contribution in [0, 0.1) is 5.82 Å². The van der Waals surface area contributed by atoms with Gasteiger partial charge in [0.1, 0.15) is 0 Å². The Hall–Kier alpha value is -2.96. The Balaban J connectivity index is 1.73. The molecule has 1 aromatic carbocycles. The molecule has 0 saturated carbocycles. The van der Waals surface area contributed by atoms with Crippen LogP contribution in [0.25, 0.3) is 5.65 Å². The lowest BCUT2D eigenvalue weighted by Gasteiger charge is -2.06. The Kier molecular flexibility index (Phi) is 3.69. The highest BCUT2D eigenvalue weighted by molar-refractivity contribution is 5.94. The van der Waals surface area contributed by atoms with E-state index in [-0.39, 0.29) is 17.9 Å². The molecule has 0 fully saturated rings. The van der Waals surface area contributed by atoms with Crippen molar-refractivity contribution in [1.82, 2.24) is 19.9 Å². The molecule has 0 radical (unpaired) electrons. The molecule has 0 saturated heterocycles. The number of carbonyl (C=O) groups excluding carboxylic acids is 1. The molecule has 6 nitrogen and oxygen atoms in total. The second-order valence-corrected chi connectivity index (χ2v) is 4.58. The summed E-state index contributed by atoms with van der Waals surface area (Å²) in [5.74, 6) is -0.282. The minimum Gasteiger partial charge on any atom is -0.494 e. The van der Waals surface area contributed by atoms with Crippen molar-refractivity contribution >= 4 is 11.6 Å². The molecule has 0 aliphatic heterocycles. The fourth-order valence-electron chi connectivity index (χ4n) is 2.08. The summed E-state index contributed by atoms with van der Waals surface area (Å²) in [6.45, 7) is 0.192. The van der Waals surface area contributed by atoms with Gasteiger partial charge in [-0.3, -0.25) is 9.20 Å². The van der Waals surface area contributed by atoms with Gasteiger partial charge in [-0.1, -0.05) is 6.07 Å². The number of nitrogens with zero attached hydrogens (tertiary/aromatic N) is 3. The summed E-state index contributed by atoms with van der Waals surface area (Å²) in [6.07, 6.45) is 1.81. The number of aromatic nitrogens is 3. The average molecular weight is 300 g/mol. The number of fused-ring (bicyclic) bond motifs is 1. The Morgan fingerprint density at radius 2 is 2.18 bits per heavy atom. The van der Waals surface area contributed by atoms with Crippen LogP contribution in [0.2, 0.25) is 0 Å². The lowest BCUT2D eigenvalue weighted by molar-refractivity contribution is 0.0949. The molecule has 0 atom stereocenters. The van der Waals surface area contributed by atoms with E-state index in [1.54, 1.807) is 4.40 Å². The summed E-state index contributed by atoms with van der Waals surface area (Å²) in [5, 5.41) is 10.7. The van der Waals surface area contributed by atoms with Crippen LogP contribution >= 0.6 is 0 Å². The number of halogens is 1. The summed E-state index contributed by atoms with van der Waals surface area (Å²) in [6, 6.07) is 9.57. The summed E-state index contributed by atoms with van der Waals surface area (Å²) in [4.78, 5) is 12.1. The van der Waals surface area contributed by atoms with Crippen LogP contribution in [0.5, 0.6) is 5.75 Å². The van der Waals surface area contributed by atoms with Crippen LogP contribution in [-0.2, 0) is 6.54 Å². The first-order chi connectivity index (χ1) is 10.7. The number of methoxy groups -OCH3 is 1. The summed E-state index contributed by atoms with van der Waals surface area (Å²) in [7, 11) is 1.37. The molecular formula is C15H13FN4O2. The molecule has 3 rings (SSSR count). The summed E-state index contributed by atoms with van der Waals surface area (Å²) >= 11 is 0. The summed E-state index contributed by atoms with van der Waals surface area (Å²) < 4.78 is 20.2. The van der Waals surface area contributed by atoms with E-state index in [0.717, 1.165) is 6.07 Å². The van der Waals surface area contributed by atoms with E-state index < -0.39 is 11.7 Å². The maximum Gasteiger partial charge on any atom is 0.251 e. The fraction of sp³-hybridized carbons (Fsp3) is 0.133. The molecule has 7 heteroatoms. The Morgan fingerprint density at radius 1 is 1.32 bits per heavy atom. The van der Waals surface area contributed by atoms with E-state index in [0.29, 0.717) is 11.5 Å². The van der Waals surface area contributed by atoms with Crippen LogP contribution < -0.4 is 10.1 Å². The smallest absolute Gasteiger partial charge is 0.251 e. The first kappa shape index (κ1) is 14.0. The van der Waals surface area contributed by atoms with Gasteiger partial charge in [-0.05, 0) is 30.3 Å². The van der Waals surface area contributed by atoms with E-state index in [4.69, 9.17) is 4.74 Å². The highest BCUT2D eigenvalue weighted by Gasteiger charge is 2.11. The van der Waals surface area contributed by atoms with Gasteiger partial charge in [0.25, 0.3) is 5.91 Å². The van der Waals surface area contributed by atoms with E-state index >= 15 is 0 Å². The van der Waals surface area contributed by atoms with Gasteiger partial charge in [0, 0.05) is 11.8 Å². The molecule has 1 amide bonds. The zero-order chi connectivity index (χ0) is 15.5. The maximum atomic E-state index is 13.6. The SMILES string of the molecule is COc1ccc(C(=O)NCc2nnc3ccccn23)cc1F. The topological polar surface area (TPSA) is 68.5 Å². The Morgan fingerprint density at radius 3 is 2.95 bits per heavy atom. The molecule has 2 heterocycles. The minimum absolute atomic E-state index is 0.0972. The predicted molar refractivity (Wildman–Crippen MR) is 77.1 cm³/mol. The molecule has 22 heavy (non-hydrogen) atoms. The van der Waals surface area contributed by atoms with Crippen molar-refractivity contribution in [1.29, 1.82) is 0 Å². The van der Waals surface area contributed by atoms with Crippen molar-refractivity contribution < 1.29 is 13.9 Å². The number of ether oxygens (including phenoxy) is 1. The van der Waals surface area contributed by atoms with Crippen molar-refractivity contribution in [3.63, 3.8) is 0 Å². The van der Waals surface area contributed by atoms with Crippen LogP contribution in [0.3, 0.4) is 0 Å². The zero-order valence-corrected chi connectivity index (χ0v) is 11.8. The van der Waals surface area contributed by atoms with Gasteiger partial charge in [0.15, 0.2) is 23.0 Å². The average Bonchev–Trinajstić information content (AvgIpc) is 2.95. The number of nitrogens with one attached hydrogen (secondary N) is 1. The number of hydrogen-bond donors (Lipinski definition) is 1. The van der Waals surface area contributed by atoms with Crippen LogP contribution in [0.1, 0.15) is 16.2 Å². The van der Waals surface area contributed by atoms with E-state index in [9.17, 15) is 9.18 Å². The molecule has 112 valence electrons. The van der Waals surface area contributed by atoms with Crippen molar-refractivity contribution in [3.05, 3.63) is 59.8 Å². The zero-order valence-electron chi connectivity index (χ0n) is 11.8. The molecule has 0 aliphatic carbocycles. The number of carbonyl (C=O) groups is 1. The third-order valence-corrected chi connectivity index (χ3v) is 3.21. The van der Waals surface area contributed by atoms with Gasteiger partial charge < -0.3 is 10.1 Å². The molecule has 3 aromatic rings. The number of pyridine rings is 1. The van der Waals surface area contributed by atoms with Crippen LogP contribution in [-0.4, -0.2) is 27.6 Å². The van der Waals surface area contributed by atoms with Crippen molar-refractivity contribution in [3.8, 4) is 5.75 Å². The van der Waals surface area contributed by atoms with Crippen LogP contribution in [0.4, 0.5) is 4.39 Å². The Labute approximate surface area is 125 Å². The normalized spacial score (nSPS) is 10.6. The van der Waals surface area contributed by atoms with Gasteiger partial charge in [0.2, 0.25) is 0 Å². The van der Waals surface area contributed by atoms with Gasteiger partial charge in [0.05, 0.1) is 13.7 Å². The van der Waals surface area contributed by atoms with E-state index in [1.807, 2.05) is 24.4 Å². The second kappa shape index (κ2) is 5.80. The van der Waals surface area contributed by atoms with Gasteiger partial charge in [-0.15, -0.1) is 10.2 Å². The highest BCUT2D eigenvalue weighted by Crippen LogP contribution is 2.17. The first-order valence-electron chi connectivity index (χ1n) is 6.59. The molecule has 0 bridgehead atoms. The monoisotopic (exact) mass is 300 g/mol. The third kappa shape index (κ3) is 2.60. The molecule has 0 aliphatic rings. The molecule has 0 unspecified atom stereocenters. The molecular weight excluding hydrogens is 287 g/mol. The van der Waals surface area contributed by atoms with Crippen molar-refractivity contribution in [2.75, 3.05) is 7.11 Å². The lowest BCUT2D eigenvalue weighted by Crippen LogP contribution is -2.24. The van der Waals surface area contributed by atoms with E-state index in [1.165, 1.54) is 19.2 Å². The quantitative estimate of drug-likeness (QED) is 0.798. The second-order valence-electron chi connectivity index (χ2n) is 4.58. The van der Waals surface area contributed by atoms with Gasteiger partial charge in [-0.25, -0.2) is 4.39 Å². The van der Waals surface area contributed by atoms with Crippen LogP contribution in [0.15, 0.2) is 42.6 Å². The molecule has 2 aromatic heterocycles.